The van der Waals surface area contributed by atoms with Gasteiger partial charge in [0.2, 0.25) is 0 Å². The van der Waals surface area contributed by atoms with E-state index >= 15 is 0 Å². The summed E-state index contributed by atoms with van der Waals surface area (Å²) in [5.74, 6) is 0.788. The number of thiophene rings is 1. The van der Waals surface area contributed by atoms with Crippen molar-refractivity contribution < 1.29 is 0 Å². The molecule has 0 radical (unpaired) electrons. The zero-order chi connectivity index (χ0) is 11.3. The molecule has 3 heteroatoms. The highest BCUT2D eigenvalue weighted by atomic mass is 79.9. The molecule has 0 bridgehead atoms. The van der Waals surface area contributed by atoms with Crippen molar-refractivity contribution in [3.8, 4) is 0 Å². The summed E-state index contributed by atoms with van der Waals surface area (Å²) < 4.78 is 1.23. The highest BCUT2D eigenvalue weighted by Crippen LogP contribution is 2.25. The number of nitrogens with one attached hydrogen (secondary N) is 1. The van der Waals surface area contributed by atoms with Crippen molar-refractivity contribution in [3.63, 3.8) is 0 Å². The molecule has 0 aliphatic carbocycles. The molecular formula is C12H20BrNS. The third-order valence-corrected chi connectivity index (χ3v) is 4.68. The molecule has 1 unspecified atom stereocenters. The van der Waals surface area contributed by atoms with Crippen LogP contribution in [0, 0.1) is 5.92 Å². The largest absolute Gasteiger partial charge is 0.316 e. The van der Waals surface area contributed by atoms with Crippen molar-refractivity contribution in [2.24, 2.45) is 5.92 Å². The molecule has 1 aromatic heterocycles. The Morgan fingerprint density at radius 3 is 2.40 bits per heavy atom. The summed E-state index contributed by atoms with van der Waals surface area (Å²) in [7, 11) is 2.08. The van der Waals surface area contributed by atoms with E-state index in [-0.39, 0.29) is 0 Å². The summed E-state index contributed by atoms with van der Waals surface area (Å²) in [6.07, 6.45) is 3.67. The first-order valence-corrected chi connectivity index (χ1v) is 7.23. The van der Waals surface area contributed by atoms with Crippen molar-refractivity contribution in [2.75, 3.05) is 7.05 Å². The summed E-state index contributed by atoms with van der Waals surface area (Å²) >= 11 is 5.36. The molecule has 0 fully saturated rings. The van der Waals surface area contributed by atoms with E-state index in [1.54, 1.807) is 0 Å². The van der Waals surface area contributed by atoms with Crippen LogP contribution in [-0.4, -0.2) is 13.1 Å². The Bertz CT molecular complexity index is 281. The van der Waals surface area contributed by atoms with Crippen molar-refractivity contribution >= 4 is 27.3 Å². The molecule has 0 aliphatic heterocycles. The van der Waals surface area contributed by atoms with Gasteiger partial charge in [-0.25, -0.2) is 0 Å². The van der Waals surface area contributed by atoms with E-state index in [4.69, 9.17) is 0 Å². The lowest BCUT2D eigenvalue weighted by Gasteiger charge is -2.24. The lowest BCUT2D eigenvalue weighted by Crippen LogP contribution is -2.34. The minimum Gasteiger partial charge on any atom is -0.316 e. The summed E-state index contributed by atoms with van der Waals surface area (Å²) in [4.78, 5) is 1.47. The Balaban J connectivity index is 2.60. The molecule has 0 spiro atoms. The van der Waals surface area contributed by atoms with Crippen LogP contribution >= 0.6 is 27.3 Å². The highest BCUT2D eigenvalue weighted by Gasteiger charge is 2.17. The Hall–Kier alpha value is 0.140. The van der Waals surface area contributed by atoms with Gasteiger partial charge in [-0.05, 0) is 47.4 Å². The smallest absolute Gasteiger partial charge is 0.0701 e. The fourth-order valence-electron chi connectivity index (χ4n) is 2.04. The van der Waals surface area contributed by atoms with Crippen LogP contribution in [0.15, 0.2) is 15.9 Å². The van der Waals surface area contributed by atoms with Crippen LogP contribution in [0.1, 0.15) is 31.6 Å². The van der Waals surface area contributed by atoms with Gasteiger partial charge in [-0.3, -0.25) is 0 Å². The van der Waals surface area contributed by atoms with Crippen molar-refractivity contribution in [1.29, 1.82) is 0 Å². The third kappa shape index (κ3) is 3.89. The van der Waals surface area contributed by atoms with Crippen LogP contribution in [0.25, 0.3) is 0 Å². The van der Waals surface area contributed by atoms with E-state index in [2.05, 4.69) is 54.3 Å². The van der Waals surface area contributed by atoms with Gasteiger partial charge < -0.3 is 5.32 Å². The first-order valence-electron chi connectivity index (χ1n) is 5.62. The molecule has 0 saturated carbocycles. The molecule has 0 aromatic carbocycles. The normalized spacial score (nSPS) is 13.4. The predicted molar refractivity (Wildman–Crippen MR) is 72.6 cm³/mol. The quantitative estimate of drug-likeness (QED) is 0.832. The highest BCUT2D eigenvalue weighted by molar-refractivity contribution is 9.11. The third-order valence-electron chi connectivity index (χ3n) is 3.04. The Labute approximate surface area is 105 Å². The van der Waals surface area contributed by atoms with Gasteiger partial charge in [0, 0.05) is 10.9 Å². The Morgan fingerprint density at radius 2 is 2.00 bits per heavy atom. The number of hydrogen-bond donors (Lipinski definition) is 1. The molecule has 1 atom stereocenters. The second-order valence-corrected chi connectivity index (χ2v) is 6.43. The molecule has 0 amide bonds. The molecule has 1 heterocycles. The SMILES string of the molecule is CCC(CC)C(Cc1ccc(Br)s1)NC. The topological polar surface area (TPSA) is 12.0 Å². The van der Waals surface area contributed by atoms with E-state index in [0.717, 1.165) is 12.3 Å². The summed E-state index contributed by atoms with van der Waals surface area (Å²) in [6.45, 7) is 4.56. The number of hydrogen-bond acceptors (Lipinski definition) is 2. The number of likely N-dealkylation sites (N-methyl/N-ethyl adjacent to an activating group) is 1. The zero-order valence-corrected chi connectivity index (χ0v) is 12.1. The van der Waals surface area contributed by atoms with Crippen LogP contribution in [-0.2, 0) is 6.42 Å². The zero-order valence-electron chi connectivity index (χ0n) is 9.72. The average molecular weight is 290 g/mol. The standard InChI is InChI=1S/C12H20BrNS/c1-4-9(5-2)11(14-3)8-10-6-7-12(13)15-10/h6-7,9,11,14H,4-5,8H2,1-3H3. The fourth-order valence-corrected chi connectivity index (χ4v) is 3.58. The molecule has 86 valence electrons. The van der Waals surface area contributed by atoms with Crippen molar-refractivity contribution in [3.05, 3.63) is 20.8 Å². The number of rotatable bonds is 6. The number of halogens is 1. The van der Waals surface area contributed by atoms with Gasteiger partial charge >= 0.3 is 0 Å². The average Bonchev–Trinajstić information content (AvgIpc) is 2.64. The van der Waals surface area contributed by atoms with Gasteiger partial charge in [0.05, 0.1) is 3.79 Å². The molecular weight excluding hydrogens is 270 g/mol. The summed E-state index contributed by atoms with van der Waals surface area (Å²) in [5, 5.41) is 3.45. The lowest BCUT2D eigenvalue weighted by molar-refractivity contribution is 0.350. The van der Waals surface area contributed by atoms with Gasteiger partial charge in [0.25, 0.3) is 0 Å². The molecule has 0 aliphatic rings. The summed E-state index contributed by atoms with van der Waals surface area (Å²) in [5.41, 5.74) is 0. The van der Waals surface area contributed by atoms with Gasteiger partial charge in [0.1, 0.15) is 0 Å². The van der Waals surface area contributed by atoms with E-state index in [1.165, 1.54) is 21.5 Å². The predicted octanol–water partition coefficient (Wildman–Crippen LogP) is 4.08. The van der Waals surface area contributed by atoms with Crippen LogP contribution in [0.3, 0.4) is 0 Å². The van der Waals surface area contributed by atoms with E-state index in [1.807, 2.05) is 11.3 Å². The lowest BCUT2D eigenvalue weighted by atomic mass is 9.91. The summed E-state index contributed by atoms with van der Waals surface area (Å²) in [6, 6.07) is 4.98. The first kappa shape index (κ1) is 13.2. The molecule has 1 aromatic rings. The van der Waals surface area contributed by atoms with E-state index in [9.17, 15) is 0 Å². The molecule has 0 saturated heterocycles. The van der Waals surface area contributed by atoms with E-state index < -0.39 is 0 Å². The second kappa shape index (κ2) is 6.66. The minimum absolute atomic E-state index is 0.616. The molecule has 1 rings (SSSR count). The van der Waals surface area contributed by atoms with E-state index in [0.29, 0.717) is 6.04 Å². The van der Waals surface area contributed by atoms with Crippen LogP contribution in [0.2, 0.25) is 0 Å². The van der Waals surface area contributed by atoms with Gasteiger partial charge in [-0.15, -0.1) is 11.3 Å². The van der Waals surface area contributed by atoms with Crippen molar-refractivity contribution in [1.82, 2.24) is 5.32 Å². The Kier molecular flexibility index (Phi) is 5.87. The first-order chi connectivity index (χ1) is 7.21. The fraction of sp³-hybridized carbons (Fsp3) is 0.667. The van der Waals surface area contributed by atoms with Crippen LogP contribution < -0.4 is 5.32 Å². The monoisotopic (exact) mass is 289 g/mol. The maximum absolute atomic E-state index is 3.51. The minimum atomic E-state index is 0.616. The molecule has 1 N–H and O–H groups in total. The Morgan fingerprint density at radius 1 is 1.33 bits per heavy atom. The van der Waals surface area contributed by atoms with Crippen LogP contribution in [0.5, 0.6) is 0 Å². The van der Waals surface area contributed by atoms with Gasteiger partial charge in [-0.1, -0.05) is 26.7 Å². The van der Waals surface area contributed by atoms with Crippen molar-refractivity contribution in [2.45, 2.75) is 39.2 Å². The van der Waals surface area contributed by atoms with Gasteiger partial charge in [0.15, 0.2) is 0 Å². The second-order valence-electron chi connectivity index (χ2n) is 3.88. The maximum atomic E-state index is 3.51. The van der Waals surface area contributed by atoms with Gasteiger partial charge in [-0.2, -0.15) is 0 Å². The molecule has 15 heavy (non-hydrogen) atoms. The molecule has 1 nitrogen and oxygen atoms in total. The maximum Gasteiger partial charge on any atom is 0.0701 e. The van der Waals surface area contributed by atoms with Crippen LogP contribution in [0.4, 0.5) is 0 Å².